The van der Waals surface area contributed by atoms with E-state index in [9.17, 15) is 29.1 Å². The van der Waals surface area contributed by atoms with Crippen LogP contribution in [0.2, 0.25) is 0 Å². The zero-order chi connectivity index (χ0) is 34.4. The van der Waals surface area contributed by atoms with Crippen molar-refractivity contribution in [1.29, 1.82) is 0 Å². The molecule has 47 heavy (non-hydrogen) atoms. The number of cyclic esters (lactones) is 1. The van der Waals surface area contributed by atoms with Crippen LogP contribution < -0.4 is 0 Å². The van der Waals surface area contributed by atoms with Gasteiger partial charge in [0.1, 0.15) is 23.4 Å². The molecule has 0 aromatic rings. The molecule has 11 nitrogen and oxygen atoms in total. The van der Waals surface area contributed by atoms with Crippen LogP contribution in [0.3, 0.4) is 0 Å². The molecular formula is C36H45NO10. The Morgan fingerprint density at radius 3 is 2.43 bits per heavy atom. The average Bonchev–Trinajstić information content (AvgIpc) is 3.69. The standard InChI is InChI=1S/C36H45NO10/c1-18-15-25(45-32(42)19(18)2)20(3)23-16-28(44-21(4)38)35(43)24-17-29-36(47-29)27(46-31(41)12-11-30(40)37(7)8)10-9-26(39)34(36,6)22(24)13-14-33(23,35)5/h9-12,16,20,22,24-25,27-29,43H,13-15,17H2,1-8H3/b12-11+/t20-,22-,24+,25+,27-,28-,29+,33+,34-,35-,36+/m0/s1. The summed E-state index contributed by atoms with van der Waals surface area (Å²) in [4.78, 5) is 65.2. The van der Waals surface area contributed by atoms with Crippen molar-refractivity contribution in [2.45, 2.75) is 103 Å². The Hall–Kier alpha value is -3.57. The Balaban J connectivity index is 1.34. The highest BCUT2D eigenvalue weighted by Gasteiger charge is 2.83. The number of esters is 3. The van der Waals surface area contributed by atoms with Crippen LogP contribution in [0, 0.1) is 28.6 Å². The fraction of sp³-hybridized carbons (Fsp3) is 0.639. The molecule has 1 amide bonds. The Morgan fingerprint density at radius 2 is 1.79 bits per heavy atom. The highest BCUT2D eigenvalue weighted by Crippen LogP contribution is 2.74. The predicted molar refractivity (Wildman–Crippen MR) is 167 cm³/mol. The van der Waals surface area contributed by atoms with Crippen molar-refractivity contribution in [3.05, 3.63) is 47.1 Å². The molecule has 2 saturated carbocycles. The first-order chi connectivity index (χ1) is 21.9. The molecule has 0 bridgehead atoms. The Labute approximate surface area is 275 Å². The number of epoxide rings is 1. The number of carbonyl (C=O) groups is 5. The average molecular weight is 652 g/mol. The van der Waals surface area contributed by atoms with Crippen molar-refractivity contribution in [3.8, 4) is 0 Å². The third-order valence-corrected chi connectivity index (χ3v) is 12.5. The molecule has 1 saturated heterocycles. The second-order valence-corrected chi connectivity index (χ2v) is 14.9. The van der Waals surface area contributed by atoms with Crippen LogP contribution in [-0.2, 0) is 42.9 Å². The van der Waals surface area contributed by atoms with Gasteiger partial charge in [-0.3, -0.25) is 14.4 Å². The minimum Gasteiger partial charge on any atom is -0.458 e. The number of ether oxygens (including phenoxy) is 4. The van der Waals surface area contributed by atoms with Gasteiger partial charge in [0.25, 0.3) is 0 Å². The minimum absolute atomic E-state index is 0.178. The number of carbonyl (C=O) groups excluding carboxylic acids is 5. The molecule has 6 rings (SSSR count). The van der Waals surface area contributed by atoms with Gasteiger partial charge in [0.2, 0.25) is 5.91 Å². The molecule has 1 N–H and O–H groups in total. The maximum absolute atomic E-state index is 14.0. The Kier molecular flexibility index (Phi) is 7.79. The summed E-state index contributed by atoms with van der Waals surface area (Å²) in [5.74, 6) is -3.37. The maximum atomic E-state index is 14.0. The van der Waals surface area contributed by atoms with Gasteiger partial charge in [-0.05, 0) is 70.1 Å². The van der Waals surface area contributed by atoms with Crippen molar-refractivity contribution in [3.63, 3.8) is 0 Å². The highest BCUT2D eigenvalue weighted by molar-refractivity contribution is 5.99. The van der Waals surface area contributed by atoms with Crippen molar-refractivity contribution >= 4 is 29.6 Å². The second-order valence-electron chi connectivity index (χ2n) is 14.9. The van der Waals surface area contributed by atoms with E-state index in [1.807, 2.05) is 33.8 Å². The molecule has 0 unspecified atom stereocenters. The van der Waals surface area contributed by atoms with Crippen LogP contribution in [-0.4, -0.2) is 89.3 Å². The molecule has 2 heterocycles. The van der Waals surface area contributed by atoms with E-state index in [1.165, 1.54) is 17.9 Å². The maximum Gasteiger partial charge on any atom is 0.333 e. The van der Waals surface area contributed by atoms with Gasteiger partial charge in [0.05, 0.1) is 11.5 Å². The molecule has 11 heteroatoms. The number of ketones is 1. The van der Waals surface area contributed by atoms with Gasteiger partial charge < -0.3 is 29.0 Å². The Bertz CT molecular complexity index is 1570. The van der Waals surface area contributed by atoms with Crippen LogP contribution in [0.4, 0.5) is 0 Å². The zero-order valence-electron chi connectivity index (χ0n) is 28.3. The summed E-state index contributed by atoms with van der Waals surface area (Å²) in [5, 5.41) is 13.1. The third-order valence-electron chi connectivity index (χ3n) is 12.5. The van der Waals surface area contributed by atoms with E-state index in [1.54, 1.807) is 27.1 Å². The number of amides is 1. The topological polar surface area (TPSA) is 149 Å². The van der Waals surface area contributed by atoms with Crippen LogP contribution in [0.1, 0.15) is 67.2 Å². The monoisotopic (exact) mass is 651 g/mol. The van der Waals surface area contributed by atoms with E-state index in [0.717, 1.165) is 23.3 Å². The lowest BCUT2D eigenvalue weighted by Gasteiger charge is -2.61. The molecule has 11 atom stereocenters. The van der Waals surface area contributed by atoms with Gasteiger partial charge in [0.15, 0.2) is 11.9 Å². The van der Waals surface area contributed by atoms with E-state index in [-0.39, 0.29) is 23.6 Å². The Morgan fingerprint density at radius 1 is 1.09 bits per heavy atom. The van der Waals surface area contributed by atoms with Crippen molar-refractivity contribution < 1.29 is 48.0 Å². The number of nitrogens with zero attached hydrogens (tertiary/aromatic N) is 1. The predicted octanol–water partition coefficient (Wildman–Crippen LogP) is 3.15. The summed E-state index contributed by atoms with van der Waals surface area (Å²) < 4.78 is 24.0. The van der Waals surface area contributed by atoms with Crippen molar-refractivity contribution in [2.24, 2.45) is 28.6 Å². The van der Waals surface area contributed by atoms with Gasteiger partial charge in [-0.15, -0.1) is 0 Å². The van der Waals surface area contributed by atoms with Crippen LogP contribution in [0.15, 0.2) is 47.1 Å². The summed E-state index contributed by atoms with van der Waals surface area (Å²) in [7, 11) is 3.14. The molecule has 254 valence electrons. The van der Waals surface area contributed by atoms with Crippen LogP contribution in [0.25, 0.3) is 0 Å². The first-order valence-electron chi connectivity index (χ1n) is 16.4. The van der Waals surface area contributed by atoms with Crippen molar-refractivity contribution in [2.75, 3.05) is 14.1 Å². The largest absolute Gasteiger partial charge is 0.458 e. The minimum atomic E-state index is -1.59. The first kappa shape index (κ1) is 33.3. The van der Waals surface area contributed by atoms with Gasteiger partial charge in [-0.2, -0.15) is 0 Å². The number of rotatable bonds is 6. The first-order valence-corrected chi connectivity index (χ1v) is 16.4. The lowest BCUT2D eigenvalue weighted by molar-refractivity contribution is -0.225. The van der Waals surface area contributed by atoms with Crippen molar-refractivity contribution in [1.82, 2.24) is 4.90 Å². The molecule has 4 aliphatic carbocycles. The van der Waals surface area contributed by atoms with Crippen LogP contribution >= 0.6 is 0 Å². The SMILES string of the molecule is CC(=O)O[C@H]1C=C([C@H](C)[C@H]2CC(C)=C(C)C(=O)O2)[C@@]2(C)CC[C@H]3[C@@H](C[C@H]4O[C@]45[C@@H](OC(=O)/C=C/C(=O)N(C)C)C=CC(=O)[C@]35C)[C@]12O. The van der Waals surface area contributed by atoms with E-state index >= 15 is 0 Å². The van der Waals surface area contributed by atoms with E-state index in [0.29, 0.717) is 31.3 Å². The summed E-state index contributed by atoms with van der Waals surface area (Å²) in [5.41, 5.74) is -2.31. The zero-order valence-corrected chi connectivity index (χ0v) is 28.3. The lowest BCUT2D eigenvalue weighted by Crippen LogP contribution is -2.70. The van der Waals surface area contributed by atoms with Gasteiger partial charge in [0, 0.05) is 56.5 Å². The lowest BCUT2D eigenvalue weighted by atomic mass is 9.42. The summed E-state index contributed by atoms with van der Waals surface area (Å²) in [6, 6.07) is 0. The van der Waals surface area contributed by atoms with E-state index in [4.69, 9.17) is 18.9 Å². The number of likely N-dealkylation sites (N-methyl/N-ethyl adjacent to an activating group) is 1. The summed E-state index contributed by atoms with van der Waals surface area (Å²) >= 11 is 0. The number of allylic oxidation sites excluding steroid dienone is 1. The molecular weight excluding hydrogens is 606 g/mol. The summed E-state index contributed by atoms with van der Waals surface area (Å²) in [6.07, 6.45) is 6.11. The van der Waals surface area contributed by atoms with E-state index in [2.05, 4.69) is 0 Å². The fourth-order valence-corrected chi connectivity index (χ4v) is 9.70. The molecule has 2 aliphatic heterocycles. The fourth-order valence-electron chi connectivity index (χ4n) is 9.70. The molecule has 3 fully saturated rings. The smallest absolute Gasteiger partial charge is 0.333 e. The molecule has 0 radical (unpaired) electrons. The van der Waals surface area contributed by atoms with Gasteiger partial charge in [-0.25, -0.2) is 9.59 Å². The number of hydrogen-bond donors (Lipinski definition) is 1. The van der Waals surface area contributed by atoms with Gasteiger partial charge >= 0.3 is 17.9 Å². The van der Waals surface area contributed by atoms with E-state index < -0.39 is 70.2 Å². The number of fused-ring (bicyclic) bond motifs is 4. The number of aliphatic hydroxyl groups is 1. The molecule has 0 aromatic carbocycles. The normalized spacial score (nSPS) is 42.4. The highest BCUT2D eigenvalue weighted by atomic mass is 16.7. The summed E-state index contributed by atoms with van der Waals surface area (Å²) in [6.45, 7) is 10.8. The molecule has 6 aliphatic rings. The number of hydrogen-bond acceptors (Lipinski definition) is 10. The molecule has 1 spiro atoms. The second kappa shape index (κ2) is 11.0. The molecule has 0 aromatic heterocycles. The third kappa shape index (κ3) is 4.55. The quantitative estimate of drug-likeness (QED) is 0.149. The van der Waals surface area contributed by atoms with Gasteiger partial charge in [-0.1, -0.05) is 25.0 Å². The van der Waals surface area contributed by atoms with Crippen LogP contribution in [0.5, 0.6) is 0 Å².